The molecule has 17 heavy (non-hydrogen) atoms. The van der Waals surface area contributed by atoms with Gasteiger partial charge in [0.05, 0.1) is 0 Å². The summed E-state index contributed by atoms with van der Waals surface area (Å²) in [6.07, 6.45) is 2.34. The Hall–Kier alpha value is -1.02. The van der Waals surface area contributed by atoms with Gasteiger partial charge in [0.2, 0.25) is 0 Å². The van der Waals surface area contributed by atoms with Gasteiger partial charge in [-0.15, -0.1) is 0 Å². The highest BCUT2D eigenvalue weighted by atomic mass is 15.1. The third kappa shape index (κ3) is 4.39. The van der Waals surface area contributed by atoms with Gasteiger partial charge < -0.3 is 10.6 Å². The van der Waals surface area contributed by atoms with Crippen molar-refractivity contribution in [3.63, 3.8) is 0 Å². The third-order valence-electron chi connectivity index (χ3n) is 3.25. The van der Waals surface area contributed by atoms with E-state index in [9.17, 15) is 0 Å². The molecule has 1 rings (SSSR count). The number of nitrogens with zero attached hydrogens (tertiary/aromatic N) is 1. The Bertz CT molecular complexity index is 347. The molecule has 0 fully saturated rings. The topological polar surface area (TPSA) is 29.3 Å². The first-order valence-electron chi connectivity index (χ1n) is 6.53. The maximum Gasteiger partial charge on any atom is 0.0393 e. The lowest BCUT2D eigenvalue weighted by Gasteiger charge is -2.25. The van der Waals surface area contributed by atoms with Crippen molar-refractivity contribution in [2.24, 2.45) is 11.7 Å². The minimum Gasteiger partial charge on any atom is -0.374 e. The van der Waals surface area contributed by atoms with Crippen LogP contribution in [0.25, 0.3) is 0 Å². The van der Waals surface area contributed by atoms with E-state index in [0.29, 0.717) is 5.92 Å². The first-order chi connectivity index (χ1) is 8.04. The van der Waals surface area contributed by atoms with Crippen LogP contribution in [0.4, 0.5) is 5.69 Å². The lowest BCUT2D eigenvalue weighted by molar-refractivity contribution is 0.514. The molecule has 0 heterocycles. The molecule has 0 saturated heterocycles. The second-order valence-electron chi connectivity index (χ2n) is 5.21. The predicted octanol–water partition coefficient (Wildman–Crippen LogP) is 3.11. The standard InChI is InChI=1S/C15H26N2/c1-12-7-8-15(14(3)10-12)17(4)11-13(2)6-5-9-16/h7-8,10,13H,5-6,9,11,16H2,1-4H3. The minimum atomic E-state index is 0.698. The van der Waals surface area contributed by atoms with Crippen LogP contribution in [0, 0.1) is 19.8 Å². The van der Waals surface area contributed by atoms with Crippen LogP contribution < -0.4 is 10.6 Å². The second-order valence-corrected chi connectivity index (χ2v) is 5.21. The molecule has 0 aliphatic carbocycles. The first-order valence-corrected chi connectivity index (χ1v) is 6.53. The van der Waals surface area contributed by atoms with Gasteiger partial charge in [0.15, 0.2) is 0 Å². The number of hydrogen-bond acceptors (Lipinski definition) is 2. The van der Waals surface area contributed by atoms with Crippen molar-refractivity contribution in [3.8, 4) is 0 Å². The molecule has 0 amide bonds. The average Bonchev–Trinajstić information content (AvgIpc) is 2.26. The lowest BCUT2D eigenvalue weighted by Crippen LogP contribution is -2.25. The van der Waals surface area contributed by atoms with Crippen LogP contribution in [0.15, 0.2) is 18.2 Å². The van der Waals surface area contributed by atoms with E-state index in [1.165, 1.54) is 23.2 Å². The van der Waals surface area contributed by atoms with Crippen LogP contribution in [-0.4, -0.2) is 20.1 Å². The number of anilines is 1. The van der Waals surface area contributed by atoms with Crippen LogP contribution in [0.2, 0.25) is 0 Å². The molecule has 96 valence electrons. The van der Waals surface area contributed by atoms with Gasteiger partial charge in [0, 0.05) is 19.3 Å². The molecule has 0 aliphatic rings. The fraction of sp³-hybridized carbons (Fsp3) is 0.600. The van der Waals surface area contributed by atoms with Crippen molar-refractivity contribution >= 4 is 5.69 Å². The minimum absolute atomic E-state index is 0.698. The smallest absolute Gasteiger partial charge is 0.0393 e. The molecule has 0 saturated carbocycles. The Morgan fingerprint density at radius 3 is 2.59 bits per heavy atom. The summed E-state index contributed by atoms with van der Waals surface area (Å²) >= 11 is 0. The van der Waals surface area contributed by atoms with Crippen molar-refractivity contribution in [2.45, 2.75) is 33.6 Å². The highest BCUT2D eigenvalue weighted by molar-refractivity contribution is 5.53. The molecule has 1 aromatic rings. The van der Waals surface area contributed by atoms with Gasteiger partial charge in [-0.05, 0) is 50.8 Å². The summed E-state index contributed by atoms with van der Waals surface area (Å²) in [4.78, 5) is 2.36. The van der Waals surface area contributed by atoms with Crippen molar-refractivity contribution in [1.29, 1.82) is 0 Å². The largest absolute Gasteiger partial charge is 0.374 e. The molecule has 2 nitrogen and oxygen atoms in total. The van der Waals surface area contributed by atoms with Gasteiger partial charge in [-0.25, -0.2) is 0 Å². The van der Waals surface area contributed by atoms with Crippen molar-refractivity contribution < 1.29 is 0 Å². The summed E-state index contributed by atoms with van der Waals surface area (Å²) in [6.45, 7) is 8.53. The molecule has 0 radical (unpaired) electrons. The molecule has 0 bridgehead atoms. The zero-order valence-corrected chi connectivity index (χ0v) is 11.7. The molecule has 0 aliphatic heterocycles. The quantitative estimate of drug-likeness (QED) is 0.819. The molecule has 1 unspecified atom stereocenters. The highest BCUT2D eigenvalue weighted by Gasteiger charge is 2.09. The Labute approximate surface area is 106 Å². The summed E-state index contributed by atoms with van der Waals surface area (Å²) in [5.74, 6) is 0.698. The number of benzene rings is 1. The zero-order valence-electron chi connectivity index (χ0n) is 11.7. The molecule has 0 spiro atoms. The van der Waals surface area contributed by atoms with Crippen LogP contribution in [-0.2, 0) is 0 Å². The van der Waals surface area contributed by atoms with Crippen LogP contribution in [0.5, 0.6) is 0 Å². The zero-order chi connectivity index (χ0) is 12.8. The van der Waals surface area contributed by atoms with Crippen molar-refractivity contribution in [1.82, 2.24) is 0 Å². The monoisotopic (exact) mass is 234 g/mol. The summed E-state index contributed by atoms with van der Waals surface area (Å²) < 4.78 is 0. The molecule has 1 atom stereocenters. The van der Waals surface area contributed by atoms with Gasteiger partial charge in [-0.1, -0.05) is 24.6 Å². The fourth-order valence-corrected chi connectivity index (χ4v) is 2.36. The van der Waals surface area contributed by atoms with E-state index in [1.807, 2.05) is 0 Å². The number of hydrogen-bond donors (Lipinski definition) is 1. The van der Waals surface area contributed by atoms with Crippen LogP contribution >= 0.6 is 0 Å². The van der Waals surface area contributed by atoms with E-state index in [4.69, 9.17) is 5.73 Å². The normalized spacial score (nSPS) is 12.5. The summed E-state index contributed by atoms with van der Waals surface area (Å²) in [7, 11) is 2.18. The van der Waals surface area contributed by atoms with E-state index in [2.05, 4.69) is 50.9 Å². The third-order valence-corrected chi connectivity index (χ3v) is 3.25. The number of nitrogens with two attached hydrogens (primary N) is 1. The van der Waals surface area contributed by atoms with E-state index in [0.717, 1.165) is 19.5 Å². The molecular formula is C15H26N2. The average molecular weight is 234 g/mol. The number of aryl methyl sites for hydroxylation is 2. The van der Waals surface area contributed by atoms with Crippen molar-refractivity contribution in [3.05, 3.63) is 29.3 Å². The summed E-state index contributed by atoms with van der Waals surface area (Å²) in [6, 6.07) is 6.65. The molecule has 0 aromatic heterocycles. The second kappa shape index (κ2) is 6.65. The van der Waals surface area contributed by atoms with E-state index < -0.39 is 0 Å². The van der Waals surface area contributed by atoms with E-state index in [1.54, 1.807) is 0 Å². The highest BCUT2D eigenvalue weighted by Crippen LogP contribution is 2.21. The number of rotatable bonds is 6. The lowest BCUT2D eigenvalue weighted by atomic mass is 10.0. The van der Waals surface area contributed by atoms with E-state index >= 15 is 0 Å². The van der Waals surface area contributed by atoms with Crippen LogP contribution in [0.3, 0.4) is 0 Å². The molecule has 2 N–H and O–H groups in total. The summed E-state index contributed by atoms with van der Waals surface area (Å²) in [5, 5.41) is 0. The van der Waals surface area contributed by atoms with E-state index in [-0.39, 0.29) is 0 Å². The van der Waals surface area contributed by atoms with Gasteiger partial charge >= 0.3 is 0 Å². The van der Waals surface area contributed by atoms with Gasteiger partial charge in [0.1, 0.15) is 0 Å². The molecule has 2 heteroatoms. The van der Waals surface area contributed by atoms with Crippen molar-refractivity contribution in [2.75, 3.05) is 25.0 Å². The Balaban J connectivity index is 2.60. The Kier molecular flexibility index (Phi) is 5.49. The molecular weight excluding hydrogens is 208 g/mol. The maximum absolute atomic E-state index is 5.55. The SMILES string of the molecule is Cc1ccc(N(C)CC(C)CCCN)c(C)c1. The first kappa shape index (κ1) is 14.0. The summed E-state index contributed by atoms with van der Waals surface area (Å²) in [5.41, 5.74) is 9.58. The van der Waals surface area contributed by atoms with Gasteiger partial charge in [0.25, 0.3) is 0 Å². The van der Waals surface area contributed by atoms with Gasteiger partial charge in [-0.2, -0.15) is 0 Å². The maximum atomic E-state index is 5.55. The van der Waals surface area contributed by atoms with Crippen LogP contribution in [0.1, 0.15) is 30.9 Å². The Morgan fingerprint density at radius 2 is 2.00 bits per heavy atom. The fourth-order valence-electron chi connectivity index (χ4n) is 2.36. The Morgan fingerprint density at radius 1 is 1.29 bits per heavy atom. The van der Waals surface area contributed by atoms with Gasteiger partial charge in [-0.3, -0.25) is 0 Å². The predicted molar refractivity (Wildman–Crippen MR) is 76.6 cm³/mol. The molecule has 1 aromatic carbocycles.